The summed E-state index contributed by atoms with van der Waals surface area (Å²) in [5.74, 6) is -4.49. The summed E-state index contributed by atoms with van der Waals surface area (Å²) in [6.45, 7) is 3.70. The van der Waals surface area contributed by atoms with Crippen molar-refractivity contribution in [1.82, 2.24) is 4.90 Å². The molecule has 0 N–H and O–H groups in total. The van der Waals surface area contributed by atoms with Crippen molar-refractivity contribution in [3.63, 3.8) is 0 Å². The summed E-state index contributed by atoms with van der Waals surface area (Å²) in [6, 6.07) is 9.50. The molecule has 0 saturated carbocycles. The van der Waals surface area contributed by atoms with Gasteiger partial charge in [0.15, 0.2) is 0 Å². The van der Waals surface area contributed by atoms with E-state index in [-0.39, 0.29) is 35.3 Å². The van der Waals surface area contributed by atoms with E-state index in [0.717, 1.165) is 17.9 Å². The zero-order chi connectivity index (χ0) is 21.6. The second kappa shape index (κ2) is 7.37. The third kappa shape index (κ3) is 4.10. The van der Waals surface area contributed by atoms with Gasteiger partial charge in [-0.3, -0.25) is 14.5 Å². The van der Waals surface area contributed by atoms with Gasteiger partial charge >= 0.3 is 0 Å². The lowest BCUT2D eigenvalue weighted by Gasteiger charge is -2.45. The van der Waals surface area contributed by atoms with Gasteiger partial charge in [-0.1, -0.05) is 35.9 Å². The summed E-state index contributed by atoms with van der Waals surface area (Å²) in [5.41, 5.74) is -0.797. The molecule has 1 heterocycles. The number of hydrogen-bond acceptors (Lipinski definition) is 2. The number of nitrogens with zero attached hydrogens (tertiary/aromatic N) is 2. The highest BCUT2D eigenvalue weighted by atomic mass is 35.5. The average Bonchev–Trinajstić information content (AvgIpc) is 2.62. The first-order valence-corrected chi connectivity index (χ1v) is 9.34. The van der Waals surface area contributed by atoms with Gasteiger partial charge in [-0.05, 0) is 37.6 Å². The maximum absolute atomic E-state index is 14.3. The number of carbonyl (C=O) groups is 2. The van der Waals surface area contributed by atoms with E-state index in [1.54, 1.807) is 13.8 Å². The third-order valence-electron chi connectivity index (χ3n) is 5.04. The lowest BCUT2D eigenvalue weighted by atomic mass is 9.95. The number of alkyl halides is 2. The Kier molecular flexibility index (Phi) is 5.38. The van der Waals surface area contributed by atoms with Crippen LogP contribution in [0.4, 0.5) is 18.9 Å². The number of benzene rings is 2. The van der Waals surface area contributed by atoms with Crippen LogP contribution in [0.1, 0.15) is 31.9 Å². The minimum Gasteiger partial charge on any atom is -0.323 e. The van der Waals surface area contributed by atoms with E-state index in [1.165, 1.54) is 41.3 Å². The van der Waals surface area contributed by atoms with Crippen molar-refractivity contribution in [2.45, 2.75) is 38.8 Å². The molecule has 1 fully saturated rings. The minimum absolute atomic E-state index is 0.0185. The van der Waals surface area contributed by atoms with Crippen molar-refractivity contribution in [3.8, 4) is 0 Å². The molecule has 0 aromatic heterocycles. The van der Waals surface area contributed by atoms with Crippen LogP contribution in [0.15, 0.2) is 42.5 Å². The van der Waals surface area contributed by atoms with Crippen LogP contribution in [-0.4, -0.2) is 28.8 Å². The van der Waals surface area contributed by atoms with Crippen molar-refractivity contribution < 1.29 is 22.8 Å². The van der Waals surface area contributed by atoms with Crippen LogP contribution >= 0.6 is 11.6 Å². The smallest absolute Gasteiger partial charge is 0.270 e. The van der Waals surface area contributed by atoms with E-state index < -0.39 is 23.2 Å². The van der Waals surface area contributed by atoms with Gasteiger partial charge in [-0.25, -0.2) is 13.2 Å². The molecule has 2 amide bonds. The van der Waals surface area contributed by atoms with E-state index in [2.05, 4.69) is 0 Å². The Morgan fingerprint density at radius 1 is 1.10 bits per heavy atom. The van der Waals surface area contributed by atoms with Crippen molar-refractivity contribution in [1.29, 1.82) is 0 Å². The molecule has 2 aromatic rings. The zero-order valence-electron chi connectivity index (χ0n) is 16.2. The van der Waals surface area contributed by atoms with Crippen LogP contribution in [0, 0.1) is 5.82 Å². The first-order valence-electron chi connectivity index (χ1n) is 8.96. The Labute approximate surface area is 171 Å². The summed E-state index contributed by atoms with van der Waals surface area (Å²) in [5, 5.41) is 0.184. The molecule has 0 spiro atoms. The lowest BCUT2D eigenvalue weighted by molar-refractivity contribution is -0.149. The Balaban J connectivity index is 1.86. The second-order valence-electron chi connectivity index (χ2n) is 7.61. The van der Waals surface area contributed by atoms with Gasteiger partial charge < -0.3 is 4.90 Å². The van der Waals surface area contributed by atoms with Gasteiger partial charge in [0.2, 0.25) is 5.91 Å². The third-order valence-corrected chi connectivity index (χ3v) is 5.27. The van der Waals surface area contributed by atoms with Crippen molar-refractivity contribution in [2.75, 3.05) is 11.4 Å². The molecular formula is C21H20ClF3N2O2. The molecule has 1 saturated heterocycles. The fourth-order valence-electron chi connectivity index (χ4n) is 3.32. The molecule has 2 aromatic carbocycles. The van der Waals surface area contributed by atoms with Crippen LogP contribution in [0.2, 0.25) is 5.02 Å². The second-order valence-corrected chi connectivity index (χ2v) is 8.05. The molecule has 0 radical (unpaired) electrons. The summed E-state index contributed by atoms with van der Waals surface area (Å²) >= 11 is 5.76. The maximum Gasteiger partial charge on any atom is 0.270 e. The molecule has 0 aliphatic carbocycles. The summed E-state index contributed by atoms with van der Waals surface area (Å²) < 4.78 is 41.1. The zero-order valence-corrected chi connectivity index (χ0v) is 16.9. The molecule has 3 rings (SSSR count). The summed E-state index contributed by atoms with van der Waals surface area (Å²) in [6.07, 6.45) is 0. The molecule has 0 unspecified atom stereocenters. The molecule has 0 atom stereocenters. The number of rotatable bonds is 4. The Hall–Kier alpha value is -2.54. The number of hydrogen-bond donors (Lipinski definition) is 0. The number of piperazine rings is 1. The monoisotopic (exact) mass is 424 g/mol. The normalized spacial score (nSPS) is 17.1. The molecule has 154 valence electrons. The van der Waals surface area contributed by atoms with Gasteiger partial charge in [0.05, 0.1) is 5.69 Å². The molecule has 1 aliphatic rings. The van der Waals surface area contributed by atoms with E-state index in [9.17, 15) is 22.8 Å². The molecule has 0 bridgehead atoms. The van der Waals surface area contributed by atoms with Gasteiger partial charge in [-0.2, -0.15) is 0 Å². The van der Waals surface area contributed by atoms with Crippen LogP contribution in [0.3, 0.4) is 0 Å². The standard InChI is InChI=1S/C21H20ClF3N2O2/c1-20(2)19(29)26(17-9-8-15(22)10-16(17)23)12-18(28)27(20)11-13-4-6-14(7-5-13)21(3,24)25/h4-10H,11-12H2,1-3H3. The topological polar surface area (TPSA) is 40.6 Å². The fraction of sp³-hybridized carbons (Fsp3) is 0.333. The van der Waals surface area contributed by atoms with Gasteiger partial charge in [0.1, 0.15) is 17.9 Å². The number of amides is 2. The predicted octanol–water partition coefficient (Wildman–Crippen LogP) is 4.74. The highest BCUT2D eigenvalue weighted by Crippen LogP contribution is 2.32. The largest absolute Gasteiger partial charge is 0.323 e. The van der Waals surface area contributed by atoms with E-state index in [4.69, 9.17) is 11.6 Å². The first-order chi connectivity index (χ1) is 13.4. The molecule has 1 aliphatic heterocycles. The van der Waals surface area contributed by atoms with Gasteiger partial charge in [0, 0.05) is 24.1 Å². The lowest BCUT2D eigenvalue weighted by Crippen LogP contribution is -2.65. The summed E-state index contributed by atoms with van der Waals surface area (Å²) in [4.78, 5) is 28.3. The van der Waals surface area contributed by atoms with Crippen molar-refractivity contribution in [3.05, 3.63) is 64.4 Å². The van der Waals surface area contributed by atoms with Crippen LogP contribution < -0.4 is 4.90 Å². The van der Waals surface area contributed by atoms with Crippen molar-refractivity contribution >= 4 is 29.1 Å². The van der Waals surface area contributed by atoms with Crippen LogP contribution in [-0.2, 0) is 22.1 Å². The predicted molar refractivity (Wildman–Crippen MR) is 104 cm³/mol. The minimum atomic E-state index is -2.96. The average molecular weight is 425 g/mol. The quantitative estimate of drug-likeness (QED) is 0.711. The maximum atomic E-state index is 14.3. The number of anilines is 1. The van der Waals surface area contributed by atoms with Gasteiger partial charge in [0.25, 0.3) is 11.8 Å². The number of halogens is 4. The van der Waals surface area contributed by atoms with Crippen LogP contribution in [0.5, 0.6) is 0 Å². The van der Waals surface area contributed by atoms with E-state index in [0.29, 0.717) is 5.56 Å². The van der Waals surface area contributed by atoms with Crippen molar-refractivity contribution in [2.24, 2.45) is 0 Å². The van der Waals surface area contributed by atoms with E-state index in [1.807, 2.05) is 0 Å². The highest BCUT2D eigenvalue weighted by molar-refractivity contribution is 6.30. The Morgan fingerprint density at radius 2 is 1.72 bits per heavy atom. The molecule has 29 heavy (non-hydrogen) atoms. The molecule has 8 heteroatoms. The van der Waals surface area contributed by atoms with Gasteiger partial charge in [-0.15, -0.1) is 0 Å². The first kappa shape index (κ1) is 21.2. The van der Waals surface area contributed by atoms with Crippen LogP contribution in [0.25, 0.3) is 0 Å². The highest BCUT2D eigenvalue weighted by Gasteiger charge is 2.46. The SMILES string of the molecule is CC(F)(F)c1ccc(CN2C(=O)CN(c3ccc(Cl)cc3F)C(=O)C2(C)C)cc1. The number of carbonyl (C=O) groups excluding carboxylic acids is 2. The fourth-order valence-corrected chi connectivity index (χ4v) is 3.47. The molecule has 4 nitrogen and oxygen atoms in total. The summed E-state index contributed by atoms with van der Waals surface area (Å²) in [7, 11) is 0. The molecular weight excluding hydrogens is 405 g/mol. The Bertz CT molecular complexity index is 955. The Morgan fingerprint density at radius 3 is 2.28 bits per heavy atom. The van der Waals surface area contributed by atoms with E-state index >= 15 is 0 Å².